The molecule has 1 heterocycles. The first-order valence-corrected chi connectivity index (χ1v) is 19.1. The molecule has 1 aliphatic heterocycles. The number of hydrogen-bond donors (Lipinski definition) is 0. The van der Waals surface area contributed by atoms with Crippen molar-refractivity contribution >= 4 is 0 Å². The van der Waals surface area contributed by atoms with Gasteiger partial charge in [0, 0.05) is 35.1 Å². The fraction of sp³-hybridized carbons (Fsp3) is 0.467. The lowest BCUT2D eigenvalue weighted by Gasteiger charge is -2.40. The van der Waals surface area contributed by atoms with E-state index in [0.717, 1.165) is 96.9 Å². The van der Waals surface area contributed by atoms with Gasteiger partial charge in [-0.15, -0.1) is 0 Å². The Kier molecular flexibility index (Phi) is 13.9. The van der Waals surface area contributed by atoms with Gasteiger partial charge in [0.15, 0.2) is 5.79 Å². The standard InChI is InChI=1S/C45H62N2O6/c1-9-27-45(28-10-2)52-43(33-46(3,29-35-11-19-39(48-5)20-12-35)30-36-13-21-40(49-6)22-14-36)44(53-45)34-47(4,31-37-15-23-41(50-7)24-16-37)32-38-17-25-42(51-8)26-18-38/h11-26,43-44H,9-10,27-34H2,1-8H3/q+2/t43-,44-/m0/s1. The maximum Gasteiger partial charge on any atom is 0.169 e. The third-order valence-electron chi connectivity index (χ3n) is 10.5. The molecule has 8 nitrogen and oxygen atoms in total. The molecule has 0 bridgehead atoms. The van der Waals surface area contributed by atoms with Crippen LogP contribution in [0.15, 0.2) is 97.1 Å². The maximum atomic E-state index is 7.27. The van der Waals surface area contributed by atoms with Crippen molar-refractivity contribution in [3.8, 4) is 23.0 Å². The lowest BCUT2D eigenvalue weighted by Crippen LogP contribution is -2.54. The number of nitrogens with zero attached hydrogens (tertiary/aromatic N) is 2. The zero-order chi connectivity index (χ0) is 37.9. The lowest BCUT2D eigenvalue weighted by atomic mass is 10.0. The Morgan fingerprint density at radius 1 is 0.453 bits per heavy atom. The van der Waals surface area contributed by atoms with E-state index in [0.29, 0.717) is 0 Å². The Bertz CT molecular complexity index is 1450. The number of hydrogen-bond acceptors (Lipinski definition) is 6. The topological polar surface area (TPSA) is 55.4 Å². The van der Waals surface area contributed by atoms with Crippen molar-refractivity contribution in [2.24, 2.45) is 0 Å². The fourth-order valence-electron chi connectivity index (χ4n) is 8.09. The van der Waals surface area contributed by atoms with Crippen molar-refractivity contribution in [3.05, 3.63) is 119 Å². The summed E-state index contributed by atoms with van der Waals surface area (Å²) in [4.78, 5) is 0. The third-order valence-corrected chi connectivity index (χ3v) is 10.5. The minimum atomic E-state index is -0.602. The smallest absolute Gasteiger partial charge is 0.169 e. The normalized spacial score (nSPS) is 17.1. The Labute approximate surface area is 318 Å². The average molecular weight is 727 g/mol. The van der Waals surface area contributed by atoms with Crippen LogP contribution >= 0.6 is 0 Å². The first-order chi connectivity index (χ1) is 25.5. The van der Waals surface area contributed by atoms with Gasteiger partial charge in [0.2, 0.25) is 0 Å². The molecule has 0 N–H and O–H groups in total. The molecule has 1 fully saturated rings. The van der Waals surface area contributed by atoms with Crippen LogP contribution in [0.1, 0.15) is 61.8 Å². The van der Waals surface area contributed by atoms with Gasteiger partial charge in [-0.25, -0.2) is 0 Å². The van der Waals surface area contributed by atoms with Gasteiger partial charge in [0.25, 0.3) is 0 Å². The van der Waals surface area contributed by atoms with Gasteiger partial charge in [-0.1, -0.05) is 26.7 Å². The molecule has 8 heteroatoms. The van der Waals surface area contributed by atoms with E-state index in [4.69, 9.17) is 28.4 Å². The van der Waals surface area contributed by atoms with Crippen LogP contribution in [0.2, 0.25) is 0 Å². The molecule has 1 saturated heterocycles. The molecule has 0 aromatic heterocycles. The molecule has 286 valence electrons. The van der Waals surface area contributed by atoms with E-state index < -0.39 is 5.79 Å². The zero-order valence-corrected chi connectivity index (χ0v) is 33.3. The summed E-state index contributed by atoms with van der Waals surface area (Å²) in [7, 11) is 11.6. The molecule has 4 aromatic carbocycles. The number of quaternary nitrogens is 2. The summed E-state index contributed by atoms with van der Waals surface area (Å²) < 4.78 is 38.0. The quantitative estimate of drug-likeness (QED) is 0.0850. The van der Waals surface area contributed by atoms with Crippen LogP contribution in [0.5, 0.6) is 23.0 Å². The van der Waals surface area contributed by atoms with Crippen molar-refractivity contribution in [1.82, 2.24) is 0 Å². The van der Waals surface area contributed by atoms with Crippen molar-refractivity contribution in [1.29, 1.82) is 0 Å². The predicted molar refractivity (Wildman–Crippen MR) is 211 cm³/mol. The Morgan fingerprint density at radius 3 is 0.906 bits per heavy atom. The highest BCUT2D eigenvalue weighted by molar-refractivity contribution is 5.29. The van der Waals surface area contributed by atoms with E-state index in [9.17, 15) is 0 Å². The molecule has 0 amide bonds. The van der Waals surface area contributed by atoms with Crippen LogP contribution in [-0.4, -0.2) is 82.6 Å². The first-order valence-electron chi connectivity index (χ1n) is 19.1. The van der Waals surface area contributed by atoms with Crippen LogP contribution in [0.25, 0.3) is 0 Å². The monoisotopic (exact) mass is 726 g/mol. The van der Waals surface area contributed by atoms with Crippen LogP contribution in [-0.2, 0) is 35.7 Å². The van der Waals surface area contributed by atoms with Crippen LogP contribution in [0.4, 0.5) is 0 Å². The Morgan fingerprint density at radius 2 is 0.698 bits per heavy atom. The summed E-state index contributed by atoms with van der Waals surface area (Å²) in [5, 5.41) is 0. The molecule has 0 aliphatic carbocycles. The molecule has 0 spiro atoms. The van der Waals surface area contributed by atoms with Gasteiger partial charge < -0.3 is 37.4 Å². The lowest BCUT2D eigenvalue weighted by molar-refractivity contribution is -0.944. The molecular formula is C45H62N2O6+2. The molecule has 5 rings (SSSR count). The molecular weight excluding hydrogens is 665 g/mol. The molecule has 2 atom stereocenters. The number of benzene rings is 4. The van der Waals surface area contributed by atoms with Crippen LogP contribution in [0, 0.1) is 0 Å². The van der Waals surface area contributed by atoms with Crippen molar-refractivity contribution in [2.45, 2.75) is 83.7 Å². The van der Waals surface area contributed by atoms with Gasteiger partial charge in [0.1, 0.15) is 74.5 Å². The molecule has 4 aromatic rings. The summed E-state index contributed by atoms with van der Waals surface area (Å²) in [6.45, 7) is 9.39. The zero-order valence-electron chi connectivity index (χ0n) is 33.3. The van der Waals surface area contributed by atoms with E-state index in [1.807, 2.05) is 0 Å². The number of methoxy groups -OCH3 is 4. The largest absolute Gasteiger partial charge is 0.497 e. The van der Waals surface area contributed by atoms with E-state index in [2.05, 4.69) is 125 Å². The summed E-state index contributed by atoms with van der Waals surface area (Å²) in [6, 6.07) is 33.9. The molecule has 1 aliphatic rings. The van der Waals surface area contributed by atoms with Crippen LogP contribution < -0.4 is 18.9 Å². The Balaban J connectivity index is 1.51. The fourth-order valence-corrected chi connectivity index (χ4v) is 8.09. The molecule has 53 heavy (non-hydrogen) atoms. The van der Waals surface area contributed by atoms with Gasteiger partial charge in [-0.3, -0.25) is 0 Å². The summed E-state index contributed by atoms with van der Waals surface area (Å²) in [6.07, 6.45) is 3.50. The summed E-state index contributed by atoms with van der Waals surface area (Å²) in [5.41, 5.74) is 5.02. The van der Waals surface area contributed by atoms with Gasteiger partial charge >= 0.3 is 0 Å². The second-order valence-corrected chi connectivity index (χ2v) is 15.4. The minimum absolute atomic E-state index is 0.112. The second-order valence-electron chi connectivity index (χ2n) is 15.4. The van der Waals surface area contributed by atoms with Crippen LogP contribution in [0.3, 0.4) is 0 Å². The van der Waals surface area contributed by atoms with E-state index in [-0.39, 0.29) is 12.2 Å². The van der Waals surface area contributed by atoms with Gasteiger partial charge in [-0.2, -0.15) is 0 Å². The number of likely N-dealkylation sites (N-methyl/N-ethyl adjacent to an activating group) is 2. The van der Waals surface area contributed by atoms with E-state index in [1.54, 1.807) is 28.4 Å². The molecule has 0 unspecified atom stereocenters. The first kappa shape index (κ1) is 40.1. The molecule has 0 saturated carbocycles. The second kappa shape index (κ2) is 18.3. The highest BCUT2D eigenvalue weighted by Gasteiger charge is 2.51. The number of ether oxygens (including phenoxy) is 6. The van der Waals surface area contributed by atoms with Crippen molar-refractivity contribution in [3.63, 3.8) is 0 Å². The molecule has 0 radical (unpaired) electrons. The minimum Gasteiger partial charge on any atom is -0.497 e. The number of rotatable bonds is 20. The highest BCUT2D eigenvalue weighted by atomic mass is 16.8. The third kappa shape index (κ3) is 11.0. The highest BCUT2D eigenvalue weighted by Crippen LogP contribution is 2.40. The van der Waals surface area contributed by atoms with Crippen molar-refractivity contribution < 1.29 is 37.4 Å². The van der Waals surface area contributed by atoms with E-state index >= 15 is 0 Å². The van der Waals surface area contributed by atoms with Crippen molar-refractivity contribution in [2.75, 3.05) is 55.6 Å². The summed E-state index contributed by atoms with van der Waals surface area (Å²) in [5.74, 6) is 2.84. The van der Waals surface area contributed by atoms with Gasteiger partial charge in [0.05, 0.1) is 42.5 Å². The Hall–Kier alpha value is -4.08. The van der Waals surface area contributed by atoms with E-state index in [1.165, 1.54) is 22.3 Å². The summed E-state index contributed by atoms with van der Waals surface area (Å²) >= 11 is 0. The predicted octanol–water partition coefficient (Wildman–Crippen LogP) is 8.80. The van der Waals surface area contributed by atoms with Gasteiger partial charge in [-0.05, 0) is 97.1 Å². The average Bonchev–Trinajstić information content (AvgIpc) is 3.47. The maximum absolute atomic E-state index is 7.27. The SMILES string of the molecule is CCCC1(CCC)O[C@@H](C[N+](C)(Cc2ccc(OC)cc2)Cc2ccc(OC)cc2)[C@H](C[N+](C)(Cc2ccc(OC)cc2)Cc2ccc(OC)cc2)O1.